The molecule has 0 radical (unpaired) electrons. The molecule has 3 rings (SSSR count). The zero-order valence-corrected chi connectivity index (χ0v) is 20.3. The van der Waals surface area contributed by atoms with Gasteiger partial charge >= 0.3 is 0 Å². The molecular weight excluding hydrogens is 419 g/mol. The van der Waals surface area contributed by atoms with Crippen LogP contribution in [0, 0.1) is 31.5 Å². The molecule has 7 heteroatoms. The van der Waals surface area contributed by atoms with Crippen LogP contribution in [-0.2, 0) is 11.3 Å². The maximum absolute atomic E-state index is 14.4. The quantitative estimate of drug-likeness (QED) is 0.609. The lowest BCUT2D eigenvalue weighted by molar-refractivity contribution is -0.139. The van der Waals surface area contributed by atoms with Crippen LogP contribution in [0.2, 0.25) is 0 Å². The van der Waals surface area contributed by atoms with E-state index in [0.717, 1.165) is 29.7 Å². The largest absolute Gasteiger partial charge is 0.341 e. The Labute approximate surface area is 196 Å². The number of nitrogens with zero attached hydrogens (tertiary/aromatic N) is 3. The maximum atomic E-state index is 14.4. The number of aryl methyl sites for hydroxylation is 1. The molecule has 33 heavy (non-hydrogen) atoms. The van der Waals surface area contributed by atoms with Crippen LogP contribution < -0.4 is 5.32 Å². The third kappa shape index (κ3) is 6.38. The first-order valence-corrected chi connectivity index (χ1v) is 11.7. The summed E-state index contributed by atoms with van der Waals surface area (Å²) in [6.07, 6.45) is 3.49. The molecule has 1 aliphatic rings. The van der Waals surface area contributed by atoms with Gasteiger partial charge in [-0.05, 0) is 82.0 Å². The average Bonchev–Trinajstić information content (AvgIpc) is 2.75. The fourth-order valence-corrected chi connectivity index (χ4v) is 4.27. The molecule has 0 unspecified atom stereocenters. The van der Waals surface area contributed by atoms with Gasteiger partial charge in [0, 0.05) is 49.7 Å². The molecule has 1 N–H and O–H groups in total. The van der Waals surface area contributed by atoms with Crippen molar-refractivity contribution in [3.8, 4) is 0 Å². The molecule has 0 bridgehead atoms. The molecule has 0 saturated heterocycles. The highest BCUT2D eigenvalue weighted by Gasteiger charge is 2.33. The number of nitrogens with one attached hydrogen (secondary N) is 1. The minimum Gasteiger partial charge on any atom is -0.341 e. The number of hydrogen-bond donors (Lipinski definition) is 1. The van der Waals surface area contributed by atoms with Gasteiger partial charge in [-0.15, -0.1) is 0 Å². The van der Waals surface area contributed by atoms with E-state index < -0.39 is 5.82 Å². The predicted molar refractivity (Wildman–Crippen MR) is 129 cm³/mol. The summed E-state index contributed by atoms with van der Waals surface area (Å²) in [5.41, 5.74) is 3.33. The first kappa shape index (κ1) is 24.8. The predicted octanol–water partition coefficient (Wildman–Crippen LogP) is 4.42. The summed E-state index contributed by atoms with van der Waals surface area (Å²) in [5, 5.41) is 2.81. The molecule has 0 aliphatic heterocycles. The van der Waals surface area contributed by atoms with Crippen molar-refractivity contribution in [3.63, 3.8) is 0 Å². The topological polar surface area (TPSA) is 65.5 Å². The number of aromatic nitrogens is 1. The number of anilines is 1. The van der Waals surface area contributed by atoms with Crippen molar-refractivity contribution in [3.05, 3.63) is 58.7 Å². The van der Waals surface area contributed by atoms with Gasteiger partial charge in [-0.3, -0.25) is 14.6 Å². The highest BCUT2D eigenvalue weighted by atomic mass is 19.1. The summed E-state index contributed by atoms with van der Waals surface area (Å²) in [6.45, 7) is 10.5. The number of halogens is 1. The second-order valence-corrected chi connectivity index (χ2v) is 9.31. The molecule has 2 amide bonds. The lowest BCUT2D eigenvalue weighted by Gasteiger charge is -2.36. The number of likely N-dealkylation sites (N-methyl/N-ethyl adjacent to an activating group) is 2. The van der Waals surface area contributed by atoms with E-state index in [-0.39, 0.29) is 17.7 Å². The summed E-state index contributed by atoms with van der Waals surface area (Å²) in [4.78, 5) is 33.4. The molecule has 1 aromatic carbocycles. The van der Waals surface area contributed by atoms with E-state index in [1.54, 1.807) is 12.1 Å². The van der Waals surface area contributed by atoms with E-state index in [4.69, 9.17) is 0 Å². The van der Waals surface area contributed by atoms with Crippen LogP contribution in [0.3, 0.4) is 0 Å². The number of pyridine rings is 1. The fourth-order valence-electron chi connectivity index (χ4n) is 4.27. The van der Waals surface area contributed by atoms with Crippen molar-refractivity contribution in [2.24, 2.45) is 11.8 Å². The Morgan fingerprint density at radius 3 is 2.52 bits per heavy atom. The molecule has 0 atom stereocenters. The van der Waals surface area contributed by atoms with Crippen LogP contribution >= 0.6 is 0 Å². The Balaban J connectivity index is 1.61. The SMILES string of the molecule is CCN(CCN(C)Cc1cc(F)cc(NC(=O)c2ccc(C)nc2)c1C)C(=O)C1CC(C)C1. The van der Waals surface area contributed by atoms with E-state index >= 15 is 0 Å². The van der Waals surface area contributed by atoms with Crippen LogP contribution in [0.15, 0.2) is 30.5 Å². The van der Waals surface area contributed by atoms with Crippen molar-refractivity contribution in [2.75, 3.05) is 32.0 Å². The Kier molecular flexibility index (Phi) is 8.19. The van der Waals surface area contributed by atoms with E-state index in [9.17, 15) is 14.0 Å². The molecule has 1 fully saturated rings. The normalized spacial score (nSPS) is 17.5. The van der Waals surface area contributed by atoms with Gasteiger partial charge in [-0.25, -0.2) is 4.39 Å². The van der Waals surface area contributed by atoms with Gasteiger partial charge in [0.05, 0.1) is 5.56 Å². The second kappa shape index (κ2) is 10.9. The van der Waals surface area contributed by atoms with Gasteiger partial charge in [0.2, 0.25) is 5.91 Å². The van der Waals surface area contributed by atoms with Crippen molar-refractivity contribution in [1.82, 2.24) is 14.8 Å². The Morgan fingerprint density at radius 2 is 1.91 bits per heavy atom. The van der Waals surface area contributed by atoms with Crippen LogP contribution in [0.4, 0.5) is 10.1 Å². The van der Waals surface area contributed by atoms with Gasteiger partial charge in [0.1, 0.15) is 5.82 Å². The van der Waals surface area contributed by atoms with Gasteiger partial charge in [0.25, 0.3) is 5.91 Å². The second-order valence-electron chi connectivity index (χ2n) is 9.31. The molecular formula is C26H35FN4O2. The molecule has 6 nitrogen and oxygen atoms in total. The lowest BCUT2D eigenvalue weighted by atomic mass is 9.75. The third-order valence-corrected chi connectivity index (χ3v) is 6.51. The van der Waals surface area contributed by atoms with E-state index in [2.05, 4.69) is 22.1 Å². The van der Waals surface area contributed by atoms with Gasteiger partial charge < -0.3 is 15.1 Å². The summed E-state index contributed by atoms with van der Waals surface area (Å²) in [5.74, 6) is 0.351. The Morgan fingerprint density at radius 1 is 1.18 bits per heavy atom. The smallest absolute Gasteiger partial charge is 0.257 e. The van der Waals surface area contributed by atoms with E-state index in [1.807, 2.05) is 32.7 Å². The maximum Gasteiger partial charge on any atom is 0.257 e. The highest BCUT2D eigenvalue weighted by molar-refractivity contribution is 6.04. The summed E-state index contributed by atoms with van der Waals surface area (Å²) >= 11 is 0. The number of hydrogen-bond acceptors (Lipinski definition) is 4. The molecule has 1 heterocycles. The first-order valence-electron chi connectivity index (χ1n) is 11.7. The van der Waals surface area contributed by atoms with Gasteiger partial charge in [-0.1, -0.05) is 6.92 Å². The fraction of sp³-hybridized carbons (Fsp3) is 0.500. The van der Waals surface area contributed by atoms with E-state index in [1.165, 1.54) is 18.3 Å². The van der Waals surface area contributed by atoms with Crippen LogP contribution in [0.1, 0.15) is 53.9 Å². The summed E-state index contributed by atoms with van der Waals surface area (Å²) in [6, 6.07) is 6.32. The lowest BCUT2D eigenvalue weighted by Crippen LogP contribution is -2.44. The number of carbonyl (C=O) groups excluding carboxylic acids is 2. The summed E-state index contributed by atoms with van der Waals surface area (Å²) in [7, 11) is 1.96. The molecule has 1 aromatic heterocycles. The first-order chi connectivity index (χ1) is 15.7. The number of benzene rings is 1. The molecule has 1 aliphatic carbocycles. The Bertz CT molecular complexity index is 987. The standard InChI is InChI=1S/C26H35FN4O2/c1-6-31(26(33)21-11-17(2)12-21)10-9-30(5)16-22-13-23(27)14-24(19(22)4)29-25(32)20-8-7-18(3)28-15-20/h7-8,13-15,17,21H,6,9-12,16H2,1-5H3,(H,29,32). The minimum atomic E-state index is -0.397. The zero-order chi connectivity index (χ0) is 24.1. The van der Waals surface area contributed by atoms with Crippen molar-refractivity contribution in [2.45, 2.75) is 47.1 Å². The average molecular weight is 455 g/mol. The molecule has 1 saturated carbocycles. The molecule has 0 spiro atoms. The van der Waals surface area contributed by atoms with Crippen molar-refractivity contribution >= 4 is 17.5 Å². The highest BCUT2D eigenvalue weighted by Crippen LogP contribution is 2.34. The van der Waals surface area contributed by atoms with Crippen LogP contribution in [0.5, 0.6) is 0 Å². The number of amides is 2. The minimum absolute atomic E-state index is 0.172. The van der Waals surface area contributed by atoms with Crippen molar-refractivity contribution in [1.29, 1.82) is 0 Å². The zero-order valence-electron chi connectivity index (χ0n) is 20.3. The van der Waals surface area contributed by atoms with E-state index in [0.29, 0.717) is 43.3 Å². The van der Waals surface area contributed by atoms with Crippen molar-refractivity contribution < 1.29 is 14.0 Å². The number of rotatable bonds is 9. The molecule has 2 aromatic rings. The molecule has 178 valence electrons. The summed E-state index contributed by atoms with van der Waals surface area (Å²) < 4.78 is 14.4. The number of carbonyl (C=O) groups is 2. The Hall–Kier alpha value is -2.80. The van der Waals surface area contributed by atoms with Gasteiger partial charge in [-0.2, -0.15) is 0 Å². The van der Waals surface area contributed by atoms with Crippen LogP contribution in [-0.4, -0.2) is 53.3 Å². The third-order valence-electron chi connectivity index (χ3n) is 6.51. The van der Waals surface area contributed by atoms with Crippen LogP contribution in [0.25, 0.3) is 0 Å². The monoisotopic (exact) mass is 454 g/mol. The van der Waals surface area contributed by atoms with Gasteiger partial charge in [0.15, 0.2) is 0 Å².